The van der Waals surface area contributed by atoms with Crippen molar-refractivity contribution in [1.82, 2.24) is 15.1 Å². The molecule has 3 heterocycles. The molecule has 57 heavy (non-hydrogen) atoms. The minimum atomic E-state index is -1.31. The van der Waals surface area contributed by atoms with Gasteiger partial charge >= 0.3 is 12.1 Å². The van der Waals surface area contributed by atoms with Crippen LogP contribution >= 0.6 is 15.9 Å². The number of nitrogens with zero attached hydrogens (tertiary/aromatic N) is 5. The molecule has 15 nitrogen and oxygen atoms in total. The monoisotopic (exact) mass is 864 g/mol. The number of halogens is 1. The molecule has 13 atom stereocenters. The molecule has 1 aromatic rings. The summed E-state index contributed by atoms with van der Waals surface area (Å²) in [4.78, 5) is 49.0. The van der Waals surface area contributed by atoms with Gasteiger partial charge in [0.1, 0.15) is 18.1 Å². The number of ether oxygens (including phenoxy) is 5. The van der Waals surface area contributed by atoms with Crippen LogP contribution in [0, 0.1) is 17.8 Å². The number of hydrogen-bond acceptors (Lipinski definition) is 12. The van der Waals surface area contributed by atoms with Gasteiger partial charge in [-0.2, -0.15) is 0 Å². The van der Waals surface area contributed by atoms with E-state index in [4.69, 9.17) is 29.2 Å². The number of azide groups is 1. The first-order valence-electron chi connectivity index (χ1n) is 20.3. The number of likely N-dealkylation sites (N-methyl/N-ethyl adjacent to an activating group) is 1. The molecule has 0 saturated carbocycles. The van der Waals surface area contributed by atoms with E-state index in [1.54, 1.807) is 18.9 Å². The Kier molecular flexibility index (Phi) is 16.8. The summed E-state index contributed by atoms with van der Waals surface area (Å²) in [6.45, 7) is 13.9. The van der Waals surface area contributed by atoms with Crippen molar-refractivity contribution >= 4 is 33.8 Å². The third kappa shape index (κ3) is 11.1. The highest BCUT2D eigenvalue weighted by molar-refractivity contribution is 9.10. The third-order valence-corrected chi connectivity index (χ3v) is 12.7. The quantitative estimate of drug-likeness (QED) is 0.0624. The van der Waals surface area contributed by atoms with Crippen molar-refractivity contribution in [3.63, 3.8) is 0 Å². The number of aliphatic hydroxyl groups excluding tert-OH is 1. The van der Waals surface area contributed by atoms with Gasteiger partial charge in [0.25, 0.3) is 0 Å². The average Bonchev–Trinajstić information content (AvgIpc) is 3.42. The summed E-state index contributed by atoms with van der Waals surface area (Å²) in [5.74, 6) is -3.31. The first-order valence-corrected chi connectivity index (χ1v) is 21.1. The van der Waals surface area contributed by atoms with Crippen molar-refractivity contribution in [3.05, 3.63) is 44.7 Å². The molecule has 0 aliphatic carbocycles. The molecule has 0 bridgehead atoms. The Morgan fingerprint density at radius 1 is 1.16 bits per heavy atom. The van der Waals surface area contributed by atoms with Crippen molar-refractivity contribution in [2.75, 3.05) is 40.8 Å². The van der Waals surface area contributed by atoms with Gasteiger partial charge in [0.05, 0.1) is 23.9 Å². The second-order valence-electron chi connectivity index (χ2n) is 16.9. The van der Waals surface area contributed by atoms with Crippen LogP contribution < -0.4 is 5.32 Å². The Morgan fingerprint density at radius 3 is 2.51 bits per heavy atom. The Hall–Kier alpha value is -2.82. The van der Waals surface area contributed by atoms with Crippen LogP contribution in [-0.4, -0.2) is 134 Å². The zero-order valence-electron chi connectivity index (χ0n) is 35.4. The van der Waals surface area contributed by atoms with Crippen LogP contribution in [0.15, 0.2) is 33.9 Å². The van der Waals surface area contributed by atoms with E-state index in [9.17, 15) is 19.5 Å². The maximum Gasteiger partial charge on any atom is 0.410 e. The van der Waals surface area contributed by atoms with Crippen molar-refractivity contribution in [2.24, 2.45) is 22.9 Å². The lowest BCUT2D eigenvalue weighted by Gasteiger charge is -2.46. The molecule has 3 unspecified atom stereocenters. The number of nitrogens with one attached hydrogen (secondary N) is 1. The smallest absolute Gasteiger partial charge is 0.410 e. The standard InChI is InChI=1S/C41H65BrN6O9/c1-11-32-41(7)35(48(39(52)57-41)18-13-12-17-45-46-43)30(21-28-15-14-16-29(42)20-28)44-23-24(2)22-40(6,53-10)36(26(4)33(49)27(5)37(51)55-32)56-38-34(50)31(47(8)9)19-25(3)54-38/h14-16,20,24-27,30-32,34-36,38,44,50H,11-13,17-19,21-23H2,1-10H3/t24-,25?,26+,27-,30-,31?,32-,34?,35-,36-,38+,40-,41-/m1/s1. The molecule has 3 fully saturated rings. The van der Waals surface area contributed by atoms with Gasteiger partial charge in [-0.25, -0.2) is 4.79 Å². The van der Waals surface area contributed by atoms with Crippen LogP contribution in [0.2, 0.25) is 0 Å². The zero-order valence-corrected chi connectivity index (χ0v) is 36.9. The predicted octanol–water partition coefficient (Wildman–Crippen LogP) is 6.04. The van der Waals surface area contributed by atoms with Gasteiger partial charge in [0.2, 0.25) is 0 Å². The van der Waals surface area contributed by atoms with E-state index in [-0.39, 0.29) is 24.1 Å². The first-order chi connectivity index (χ1) is 26.9. The molecular formula is C41H65BrN6O9. The van der Waals surface area contributed by atoms with E-state index in [1.165, 1.54) is 6.92 Å². The fourth-order valence-corrected chi connectivity index (χ4v) is 9.53. The molecule has 0 aromatic heterocycles. The Balaban J connectivity index is 1.81. The minimum Gasteiger partial charge on any atom is -0.458 e. The van der Waals surface area contributed by atoms with Gasteiger partial charge in [-0.1, -0.05) is 53.9 Å². The summed E-state index contributed by atoms with van der Waals surface area (Å²) in [7, 11) is 5.38. The van der Waals surface area contributed by atoms with Crippen LogP contribution in [0.4, 0.5) is 4.79 Å². The highest BCUT2D eigenvalue weighted by atomic mass is 79.9. The molecule has 3 aliphatic heterocycles. The number of methoxy groups -OCH3 is 1. The summed E-state index contributed by atoms with van der Waals surface area (Å²) in [6, 6.07) is 6.75. The van der Waals surface area contributed by atoms with E-state index in [0.717, 1.165) is 10.0 Å². The van der Waals surface area contributed by atoms with Gasteiger partial charge in [-0.05, 0) is 116 Å². The van der Waals surface area contributed by atoms with Crippen LogP contribution in [0.1, 0.15) is 86.1 Å². The maximum absolute atomic E-state index is 14.4. The lowest BCUT2D eigenvalue weighted by molar-refractivity contribution is -0.295. The Bertz CT molecular complexity index is 1580. The van der Waals surface area contributed by atoms with Gasteiger partial charge in [-0.3, -0.25) is 14.5 Å². The molecule has 1 aromatic carbocycles. The Morgan fingerprint density at radius 2 is 1.88 bits per heavy atom. The van der Waals surface area contributed by atoms with Crippen molar-refractivity contribution < 1.29 is 43.2 Å². The van der Waals surface area contributed by atoms with Gasteiger partial charge in [-0.15, -0.1) is 0 Å². The largest absolute Gasteiger partial charge is 0.458 e. The maximum atomic E-state index is 14.4. The van der Waals surface area contributed by atoms with E-state index >= 15 is 0 Å². The average molecular weight is 866 g/mol. The van der Waals surface area contributed by atoms with E-state index in [0.29, 0.717) is 58.2 Å². The fourth-order valence-electron chi connectivity index (χ4n) is 9.09. The van der Waals surface area contributed by atoms with E-state index < -0.39 is 71.5 Å². The summed E-state index contributed by atoms with van der Waals surface area (Å²) < 4.78 is 32.6. The molecule has 2 N–H and O–H groups in total. The Labute approximate surface area is 346 Å². The lowest BCUT2D eigenvalue weighted by Crippen LogP contribution is -2.62. The molecule has 3 saturated heterocycles. The number of unbranched alkanes of at least 4 members (excludes halogenated alkanes) is 1. The SMILES string of the molecule is CC[C@H]1OC(=O)[C@H](C)C(=O)[C@H](C)[C@@H](O[C@@H]2OC(C)CC(N(C)C)C2O)[C@](C)(OC)C[C@@H](C)CN[C@H](Cc2cccc(Br)c2)[C@H]2N(CCCCN=[N+]=[N-])C(=O)O[C@]12C. The second kappa shape index (κ2) is 20.4. The highest BCUT2D eigenvalue weighted by Gasteiger charge is 2.59. The number of amides is 1. The molecule has 1 amide bonds. The summed E-state index contributed by atoms with van der Waals surface area (Å²) in [5, 5.41) is 19.0. The molecule has 320 valence electrons. The highest BCUT2D eigenvalue weighted by Crippen LogP contribution is 2.41. The van der Waals surface area contributed by atoms with Gasteiger partial charge in [0, 0.05) is 47.6 Å². The molecular weight excluding hydrogens is 800 g/mol. The number of ketones is 1. The molecule has 16 heteroatoms. The first kappa shape index (κ1) is 46.9. The molecule has 3 aliphatic rings. The summed E-state index contributed by atoms with van der Waals surface area (Å²) >= 11 is 3.61. The minimum absolute atomic E-state index is 0.0667. The number of cyclic esters (lactones) is 1. The third-order valence-electron chi connectivity index (χ3n) is 12.2. The number of carbonyl (C=O) groups is 3. The van der Waals surface area contributed by atoms with Crippen LogP contribution in [0.3, 0.4) is 0 Å². The number of carbonyl (C=O) groups excluding carboxylic acids is 3. The zero-order chi connectivity index (χ0) is 42.2. The van der Waals surface area contributed by atoms with E-state index in [1.807, 2.05) is 71.0 Å². The summed E-state index contributed by atoms with van der Waals surface area (Å²) in [6.07, 6.45) is -1.69. The van der Waals surface area contributed by atoms with E-state index in [2.05, 4.69) is 38.2 Å². The number of benzene rings is 1. The van der Waals surface area contributed by atoms with Crippen LogP contribution in [0.5, 0.6) is 0 Å². The summed E-state index contributed by atoms with van der Waals surface area (Å²) in [5.41, 5.74) is 7.43. The lowest BCUT2D eigenvalue weighted by atomic mass is 9.78. The van der Waals surface area contributed by atoms with Crippen molar-refractivity contribution in [1.29, 1.82) is 0 Å². The number of rotatable bonds is 12. The van der Waals surface area contributed by atoms with Gasteiger partial charge in [0.15, 0.2) is 17.7 Å². The number of hydrogen-bond donors (Lipinski definition) is 2. The molecule has 0 spiro atoms. The predicted molar refractivity (Wildman–Crippen MR) is 218 cm³/mol. The number of aliphatic hydroxyl groups is 1. The second-order valence-corrected chi connectivity index (χ2v) is 17.8. The molecule has 0 radical (unpaired) electrons. The number of fused-ring (bicyclic) bond motifs is 1. The number of Topliss-reactive ketones (excluding diaryl/α,β-unsaturated/α-hetero) is 1. The molecule has 4 rings (SSSR count). The van der Waals surface area contributed by atoms with Crippen LogP contribution in [-0.2, 0) is 39.7 Å². The van der Waals surface area contributed by atoms with Gasteiger partial charge < -0.3 is 39.0 Å². The normalized spacial score (nSPS) is 37.1. The van der Waals surface area contributed by atoms with Crippen molar-refractivity contribution in [3.8, 4) is 0 Å². The topological polar surface area (TPSA) is 185 Å². The fraction of sp³-hybridized carbons (Fsp3) is 0.780. The van der Waals surface area contributed by atoms with Crippen molar-refractivity contribution in [2.45, 2.75) is 147 Å². The number of esters is 1. The van der Waals surface area contributed by atoms with Crippen LogP contribution in [0.25, 0.3) is 10.4 Å².